The van der Waals surface area contributed by atoms with E-state index in [1.165, 1.54) is 5.56 Å². The van der Waals surface area contributed by atoms with Gasteiger partial charge in [-0.25, -0.2) is 13.1 Å². The predicted octanol–water partition coefficient (Wildman–Crippen LogP) is 6.44. The Morgan fingerprint density at radius 3 is 1.90 bits per heavy atom. The third-order valence-electron chi connectivity index (χ3n) is 5.06. The van der Waals surface area contributed by atoms with Crippen LogP contribution in [0, 0.1) is 0 Å². The summed E-state index contributed by atoms with van der Waals surface area (Å²) in [5.41, 5.74) is 4.13. The minimum Gasteiger partial charge on any atom is -0.211 e. The number of rotatable bonds is 9. The summed E-state index contributed by atoms with van der Waals surface area (Å²) < 4.78 is 29.3. The van der Waals surface area contributed by atoms with Gasteiger partial charge in [0.25, 0.3) is 0 Å². The molecule has 0 unspecified atom stereocenters. The van der Waals surface area contributed by atoms with E-state index in [1.54, 1.807) is 0 Å². The maximum absolute atomic E-state index is 13.3. The monoisotopic (exact) mass is 413 g/mol. The number of benzene rings is 2. The Balaban J connectivity index is 2.27. The van der Waals surface area contributed by atoms with Crippen molar-refractivity contribution in [2.45, 2.75) is 70.6 Å². The van der Waals surface area contributed by atoms with Crippen LogP contribution in [-0.2, 0) is 10.0 Å². The summed E-state index contributed by atoms with van der Waals surface area (Å²) in [6.45, 7) is 12.9. The molecular weight excluding hydrogens is 378 g/mol. The fourth-order valence-corrected chi connectivity index (χ4v) is 5.07. The Bertz CT molecular complexity index is 898. The summed E-state index contributed by atoms with van der Waals surface area (Å²) >= 11 is 0. The predicted molar refractivity (Wildman–Crippen MR) is 124 cm³/mol. The van der Waals surface area contributed by atoms with Crippen molar-refractivity contribution >= 4 is 16.1 Å². The van der Waals surface area contributed by atoms with Crippen LogP contribution >= 0.6 is 0 Å². The van der Waals surface area contributed by atoms with Crippen molar-refractivity contribution in [1.29, 1.82) is 0 Å². The van der Waals surface area contributed by atoms with E-state index in [0.29, 0.717) is 23.8 Å². The summed E-state index contributed by atoms with van der Waals surface area (Å²) in [6.07, 6.45) is 4.67. The number of hydrogen-bond donors (Lipinski definition) is 1. The van der Waals surface area contributed by atoms with Crippen molar-refractivity contribution in [3.63, 3.8) is 0 Å². The number of nitrogens with one attached hydrogen (secondary N) is 1. The maximum Gasteiger partial charge on any atom is 0.241 e. The van der Waals surface area contributed by atoms with Gasteiger partial charge in [-0.15, -0.1) is 0 Å². The van der Waals surface area contributed by atoms with Crippen molar-refractivity contribution in [3.8, 4) is 0 Å². The van der Waals surface area contributed by atoms with Gasteiger partial charge >= 0.3 is 0 Å². The summed E-state index contributed by atoms with van der Waals surface area (Å²) in [6, 6.07) is 14.2. The first-order chi connectivity index (χ1) is 13.6. The summed E-state index contributed by atoms with van der Waals surface area (Å²) in [5.74, 6) is 0.629. The van der Waals surface area contributed by atoms with Crippen LogP contribution < -0.4 is 4.72 Å². The summed E-state index contributed by atoms with van der Waals surface area (Å²) in [7, 11) is -3.58. The van der Waals surface area contributed by atoms with Crippen molar-refractivity contribution in [1.82, 2.24) is 4.72 Å². The molecule has 0 aliphatic heterocycles. The van der Waals surface area contributed by atoms with Gasteiger partial charge < -0.3 is 0 Å². The average molecular weight is 414 g/mol. The van der Waals surface area contributed by atoms with Gasteiger partial charge in [-0.05, 0) is 46.4 Å². The van der Waals surface area contributed by atoms with Gasteiger partial charge in [-0.1, -0.05) is 96.2 Å². The second-order valence-electron chi connectivity index (χ2n) is 8.49. The maximum atomic E-state index is 13.3. The minimum absolute atomic E-state index is 0.135. The van der Waals surface area contributed by atoms with Gasteiger partial charge in [0.05, 0.1) is 4.90 Å². The van der Waals surface area contributed by atoms with E-state index in [0.717, 1.165) is 16.7 Å². The SMILES string of the molecule is CC(C)c1cc(C(C)C)c(S(=O)(=O)NCC/C=C/c2ccccc2)c(C(C)C)c1. The van der Waals surface area contributed by atoms with Gasteiger partial charge in [0, 0.05) is 6.54 Å². The zero-order valence-electron chi connectivity index (χ0n) is 18.6. The van der Waals surface area contributed by atoms with Crippen LogP contribution in [0.4, 0.5) is 0 Å². The summed E-state index contributed by atoms with van der Waals surface area (Å²) in [4.78, 5) is 0.471. The fraction of sp³-hybridized carbons (Fsp3) is 0.440. The molecule has 29 heavy (non-hydrogen) atoms. The normalized spacial score (nSPS) is 12.6. The lowest BCUT2D eigenvalue weighted by Gasteiger charge is -2.22. The second kappa shape index (κ2) is 10.2. The Kier molecular flexibility index (Phi) is 8.23. The third kappa shape index (κ3) is 6.28. The molecule has 0 aromatic heterocycles. The molecule has 2 rings (SSSR count). The third-order valence-corrected chi connectivity index (χ3v) is 6.65. The van der Waals surface area contributed by atoms with Crippen LogP contribution in [0.25, 0.3) is 6.08 Å². The molecule has 0 aliphatic rings. The Morgan fingerprint density at radius 2 is 1.41 bits per heavy atom. The first kappa shape index (κ1) is 23.4. The molecule has 0 amide bonds. The molecule has 0 saturated carbocycles. The van der Waals surface area contributed by atoms with E-state index in [2.05, 4.69) is 58.4 Å². The highest BCUT2D eigenvalue weighted by Gasteiger charge is 2.26. The molecule has 0 fully saturated rings. The first-order valence-electron chi connectivity index (χ1n) is 10.5. The Labute approximate surface area is 177 Å². The fourth-order valence-electron chi connectivity index (χ4n) is 3.33. The lowest BCUT2D eigenvalue weighted by atomic mass is 9.89. The van der Waals surface area contributed by atoms with Crippen LogP contribution in [0.2, 0.25) is 0 Å². The molecule has 0 atom stereocenters. The standard InChI is InChI=1S/C25H35NO2S/c1-18(2)22-16-23(19(3)4)25(24(17-22)20(5)6)29(27,28)26-15-11-10-14-21-12-8-7-9-13-21/h7-10,12-14,16-20,26H,11,15H2,1-6H3/b14-10+. The molecule has 3 nitrogen and oxygen atoms in total. The zero-order valence-corrected chi connectivity index (χ0v) is 19.4. The highest BCUT2D eigenvalue weighted by atomic mass is 32.2. The van der Waals surface area contributed by atoms with Gasteiger partial charge in [-0.3, -0.25) is 0 Å². The van der Waals surface area contributed by atoms with Crippen LogP contribution in [0.1, 0.15) is 88.0 Å². The topological polar surface area (TPSA) is 46.2 Å². The van der Waals surface area contributed by atoms with E-state index in [9.17, 15) is 8.42 Å². The first-order valence-corrected chi connectivity index (χ1v) is 12.0. The van der Waals surface area contributed by atoms with E-state index >= 15 is 0 Å². The lowest BCUT2D eigenvalue weighted by Crippen LogP contribution is -2.27. The molecule has 2 aromatic carbocycles. The van der Waals surface area contributed by atoms with Crippen LogP contribution in [0.15, 0.2) is 53.4 Å². The smallest absolute Gasteiger partial charge is 0.211 e. The molecule has 0 radical (unpaired) electrons. The Hall–Kier alpha value is -1.91. The molecule has 1 N–H and O–H groups in total. The van der Waals surface area contributed by atoms with E-state index in [1.807, 2.05) is 42.5 Å². The van der Waals surface area contributed by atoms with E-state index < -0.39 is 10.0 Å². The van der Waals surface area contributed by atoms with Crippen molar-refractivity contribution < 1.29 is 8.42 Å². The second-order valence-corrected chi connectivity index (χ2v) is 10.2. The zero-order chi connectivity index (χ0) is 21.6. The highest BCUT2D eigenvalue weighted by Crippen LogP contribution is 2.34. The van der Waals surface area contributed by atoms with E-state index in [4.69, 9.17) is 0 Å². The summed E-state index contributed by atoms with van der Waals surface area (Å²) in [5, 5.41) is 0. The number of sulfonamides is 1. The van der Waals surface area contributed by atoms with Crippen LogP contribution in [0.3, 0.4) is 0 Å². The molecule has 2 aromatic rings. The minimum atomic E-state index is -3.58. The highest BCUT2D eigenvalue weighted by molar-refractivity contribution is 7.89. The quantitative estimate of drug-likeness (QED) is 0.481. The average Bonchev–Trinajstić information content (AvgIpc) is 2.67. The molecule has 0 aliphatic carbocycles. The molecule has 0 saturated heterocycles. The van der Waals surface area contributed by atoms with Crippen molar-refractivity contribution in [2.75, 3.05) is 6.54 Å². The van der Waals surface area contributed by atoms with Gasteiger partial charge in [0.1, 0.15) is 0 Å². The van der Waals surface area contributed by atoms with Gasteiger partial charge in [-0.2, -0.15) is 0 Å². The van der Waals surface area contributed by atoms with Crippen molar-refractivity contribution in [3.05, 3.63) is 70.8 Å². The van der Waals surface area contributed by atoms with E-state index in [-0.39, 0.29) is 11.8 Å². The van der Waals surface area contributed by atoms with Crippen molar-refractivity contribution in [2.24, 2.45) is 0 Å². The molecule has 0 bridgehead atoms. The largest absolute Gasteiger partial charge is 0.241 e. The van der Waals surface area contributed by atoms with Gasteiger partial charge in [0.15, 0.2) is 0 Å². The van der Waals surface area contributed by atoms with Crippen LogP contribution in [-0.4, -0.2) is 15.0 Å². The molecular formula is C25H35NO2S. The molecule has 0 spiro atoms. The molecule has 4 heteroatoms. The molecule has 0 heterocycles. The Morgan fingerprint density at radius 1 is 0.862 bits per heavy atom. The van der Waals surface area contributed by atoms with Crippen LogP contribution in [0.5, 0.6) is 0 Å². The van der Waals surface area contributed by atoms with Gasteiger partial charge in [0.2, 0.25) is 10.0 Å². The molecule has 158 valence electrons. The lowest BCUT2D eigenvalue weighted by molar-refractivity contribution is 0.576. The number of hydrogen-bond acceptors (Lipinski definition) is 2.